The minimum atomic E-state index is 0.327. The van der Waals surface area contributed by atoms with Gasteiger partial charge in [0.15, 0.2) is 0 Å². The van der Waals surface area contributed by atoms with Crippen molar-refractivity contribution in [1.82, 2.24) is 4.90 Å². The van der Waals surface area contributed by atoms with Crippen LogP contribution in [0.4, 0.5) is 0 Å². The predicted octanol–water partition coefficient (Wildman–Crippen LogP) is 1.68. The van der Waals surface area contributed by atoms with E-state index in [1.807, 2.05) is 0 Å². The number of aliphatic hydroxyl groups excluding tert-OH is 1. The summed E-state index contributed by atoms with van der Waals surface area (Å²) < 4.78 is 0. The Kier molecular flexibility index (Phi) is 6.92. The predicted molar refractivity (Wildman–Crippen MR) is 71.6 cm³/mol. The van der Waals surface area contributed by atoms with Crippen LogP contribution in [0.2, 0.25) is 0 Å². The molecule has 1 aliphatic rings. The first-order chi connectivity index (χ1) is 7.74. The molecule has 1 aliphatic carbocycles. The molecule has 3 nitrogen and oxygen atoms in total. The first-order valence-corrected chi connectivity index (χ1v) is 6.78. The third kappa shape index (κ3) is 6.40. The molecule has 0 radical (unpaired) electrons. The van der Waals surface area contributed by atoms with Gasteiger partial charge >= 0.3 is 0 Å². The van der Waals surface area contributed by atoms with Crippen LogP contribution in [0, 0.1) is 0 Å². The molecule has 0 bridgehead atoms. The normalized spacial score (nSPS) is 15.6. The molecule has 0 aromatic rings. The van der Waals surface area contributed by atoms with Crippen LogP contribution in [-0.2, 0) is 0 Å². The highest BCUT2D eigenvalue weighted by Crippen LogP contribution is 2.27. The Labute approximate surface area is 104 Å². The fourth-order valence-electron chi connectivity index (χ4n) is 1.95. The molecule has 1 fully saturated rings. The summed E-state index contributed by atoms with van der Waals surface area (Å²) in [6, 6.07) is 0.798. The monoisotopic (exact) mass is 244 g/mol. The number of rotatable bonds is 10. The fraction of sp³-hybridized carbons (Fsp3) is 0.917. The third-order valence-electron chi connectivity index (χ3n) is 3.06. The molecule has 94 valence electrons. The molecular formula is C12H24N2OS. The van der Waals surface area contributed by atoms with Gasteiger partial charge in [-0.1, -0.05) is 25.1 Å². The van der Waals surface area contributed by atoms with Gasteiger partial charge in [-0.25, -0.2) is 0 Å². The highest BCUT2D eigenvalue weighted by atomic mass is 32.1. The zero-order chi connectivity index (χ0) is 11.8. The van der Waals surface area contributed by atoms with Crippen molar-refractivity contribution >= 4 is 17.2 Å². The van der Waals surface area contributed by atoms with E-state index in [0.717, 1.165) is 31.8 Å². The maximum Gasteiger partial charge on any atom is 0.0740 e. The van der Waals surface area contributed by atoms with Gasteiger partial charge in [0.1, 0.15) is 0 Å². The first-order valence-electron chi connectivity index (χ1n) is 6.37. The van der Waals surface area contributed by atoms with Crippen LogP contribution >= 0.6 is 12.2 Å². The summed E-state index contributed by atoms with van der Waals surface area (Å²) in [5.74, 6) is 0. The van der Waals surface area contributed by atoms with Crippen LogP contribution in [0.25, 0.3) is 0 Å². The number of aliphatic hydroxyl groups is 1. The van der Waals surface area contributed by atoms with Crippen molar-refractivity contribution in [1.29, 1.82) is 0 Å². The molecule has 0 spiro atoms. The smallest absolute Gasteiger partial charge is 0.0740 e. The molecule has 0 amide bonds. The van der Waals surface area contributed by atoms with Gasteiger partial charge in [0, 0.05) is 25.6 Å². The molecule has 0 aromatic carbocycles. The Balaban J connectivity index is 2.06. The highest BCUT2D eigenvalue weighted by molar-refractivity contribution is 7.80. The van der Waals surface area contributed by atoms with Crippen LogP contribution < -0.4 is 5.73 Å². The number of nitrogens with two attached hydrogens (primary N) is 1. The number of unbranched alkanes of at least 4 members (excludes halogenated alkanes) is 3. The van der Waals surface area contributed by atoms with Gasteiger partial charge in [-0.05, 0) is 32.2 Å². The summed E-state index contributed by atoms with van der Waals surface area (Å²) >= 11 is 4.91. The van der Waals surface area contributed by atoms with E-state index >= 15 is 0 Å². The summed E-state index contributed by atoms with van der Waals surface area (Å²) in [7, 11) is 0. The maximum atomic E-state index is 8.68. The molecule has 0 aliphatic heterocycles. The van der Waals surface area contributed by atoms with Crippen molar-refractivity contribution in [2.45, 2.75) is 51.0 Å². The zero-order valence-corrected chi connectivity index (χ0v) is 10.8. The molecule has 16 heavy (non-hydrogen) atoms. The second-order valence-corrected chi connectivity index (χ2v) is 5.15. The Morgan fingerprint density at radius 3 is 2.44 bits per heavy atom. The van der Waals surface area contributed by atoms with Gasteiger partial charge < -0.3 is 10.8 Å². The van der Waals surface area contributed by atoms with E-state index in [2.05, 4.69) is 4.90 Å². The van der Waals surface area contributed by atoms with Crippen molar-refractivity contribution in [3.8, 4) is 0 Å². The second-order valence-electron chi connectivity index (χ2n) is 4.62. The summed E-state index contributed by atoms with van der Waals surface area (Å²) in [6.45, 7) is 2.52. The lowest BCUT2D eigenvalue weighted by atomic mass is 10.2. The fourth-order valence-corrected chi connectivity index (χ4v) is 2.04. The van der Waals surface area contributed by atoms with E-state index in [-0.39, 0.29) is 0 Å². The standard InChI is InChI=1S/C12H24N2OS/c13-12(16)7-9-14(11-5-6-11)8-3-1-2-4-10-15/h11,15H,1-10H2,(H2,13,16). The molecule has 0 atom stereocenters. The average Bonchev–Trinajstić information content (AvgIpc) is 3.05. The minimum Gasteiger partial charge on any atom is -0.396 e. The first kappa shape index (κ1) is 13.9. The maximum absolute atomic E-state index is 8.68. The lowest BCUT2D eigenvalue weighted by Crippen LogP contribution is -2.30. The minimum absolute atomic E-state index is 0.327. The summed E-state index contributed by atoms with van der Waals surface area (Å²) in [5.41, 5.74) is 5.53. The summed E-state index contributed by atoms with van der Waals surface area (Å²) in [5, 5.41) is 8.68. The lowest BCUT2D eigenvalue weighted by Gasteiger charge is -2.21. The van der Waals surface area contributed by atoms with Crippen LogP contribution in [-0.4, -0.2) is 40.7 Å². The number of thiocarbonyl (C=S) groups is 1. The Hall–Kier alpha value is -0.190. The SMILES string of the molecule is NC(=S)CCN(CCCCCCO)C1CC1. The van der Waals surface area contributed by atoms with Gasteiger partial charge in [-0.2, -0.15) is 0 Å². The van der Waals surface area contributed by atoms with Crippen molar-refractivity contribution < 1.29 is 5.11 Å². The molecule has 0 unspecified atom stereocenters. The largest absolute Gasteiger partial charge is 0.396 e. The van der Waals surface area contributed by atoms with Crippen molar-refractivity contribution in [2.75, 3.05) is 19.7 Å². The highest BCUT2D eigenvalue weighted by Gasteiger charge is 2.27. The third-order valence-corrected chi connectivity index (χ3v) is 3.27. The molecule has 0 saturated heterocycles. The Morgan fingerprint density at radius 2 is 1.88 bits per heavy atom. The average molecular weight is 244 g/mol. The molecule has 3 N–H and O–H groups in total. The van der Waals surface area contributed by atoms with Gasteiger partial charge in [0.25, 0.3) is 0 Å². The van der Waals surface area contributed by atoms with Crippen LogP contribution in [0.15, 0.2) is 0 Å². The lowest BCUT2D eigenvalue weighted by molar-refractivity contribution is 0.257. The number of hydrogen-bond acceptors (Lipinski definition) is 3. The van der Waals surface area contributed by atoms with Crippen LogP contribution in [0.1, 0.15) is 44.9 Å². The van der Waals surface area contributed by atoms with E-state index in [1.54, 1.807) is 0 Å². The molecule has 1 saturated carbocycles. The van der Waals surface area contributed by atoms with E-state index in [4.69, 9.17) is 23.1 Å². The van der Waals surface area contributed by atoms with Crippen molar-refractivity contribution in [2.24, 2.45) is 5.73 Å². The number of hydrogen-bond donors (Lipinski definition) is 2. The van der Waals surface area contributed by atoms with Crippen LogP contribution in [0.3, 0.4) is 0 Å². The molecule has 1 rings (SSSR count). The molecule has 0 aromatic heterocycles. The van der Waals surface area contributed by atoms with Gasteiger partial charge in [-0.3, -0.25) is 4.90 Å². The van der Waals surface area contributed by atoms with Gasteiger partial charge in [-0.15, -0.1) is 0 Å². The van der Waals surface area contributed by atoms with Crippen LogP contribution in [0.5, 0.6) is 0 Å². The summed E-state index contributed by atoms with van der Waals surface area (Å²) in [4.78, 5) is 3.16. The zero-order valence-electron chi connectivity index (χ0n) is 10.0. The molecule has 0 heterocycles. The summed E-state index contributed by atoms with van der Waals surface area (Å²) in [6.07, 6.45) is 8.07. The van der Waals surface area contributed by atoms with Gasteiger partial charge in [0.2, 0.25) is 0 Å². The van der Waals surface area contributed by atoms with E-state index in [0.29, 0.717) is 11.6 Å². The van der Waals surface area contributed by atoms with E-state index in [1.165, 1.54) is 32.2 Å². The van der Waals surface area contributed by atoms with Gasteiger partial charge in [0.05, 0.1) is 4.99 Å². The Bertz CT molecular complexity index is 207. The molecular weight excluding hydrogens is 220 g/mol. The van der Waals surface area contributed by atoms with Crippen molar-refractivity contribution in [3.63, 3.8) is 0 Å². The number of nitrogens with zero attached hydrogens (tertiary/aromatic N) is 1. The Morgan fingerprint density at radius 1 is 1.19 bits per heavy atom. The second kappa shape index (κ2) is 7.98. The van der Waals surface area contributed by atoms with Crippen molar-refractivity contribution in [3.05, 3.63) is 0 Å². The molecule has 4 heteroatoms. The quantitative estimate of drug-likeness (QED) is 0.453. The van der Waals surface area contributed by atoms with E-state index in [9.17, 15) is 0 Å². The van der Waals surface area contributed by atoms with E-state index < -0.39 is 0 Å². The topological polar surface area (TPSA) is 49.5 Å².